The van der Waals surface area contributed by atoms with E-state index in [1.807, 2.05) is 30.3 Å². The van der Waals surface area contributed by atoms with Crippen LogP contribution in [0.4, 0.5) is 0 Å². The summed E-state index contributed by atoms with van der Waals surface area (Å²) in [5, 5.41) is 3.38. The molecule has 1 saturated carbocycles. The summed E-state index contributed by atoms with van der Waals surface area (Å²) in [4.78, 5) is 14.6. The first-order valence-electron chi connectivity index (χ1n) is 7.30. The first-order valence-corrected chi connectivity index (χ1v) is 7.30. The maximum atomic E-state index is 11.9. The molecule has 5 heteroatoms. The van der Waals surface area contributed by atoms with Crippen molar-refractivity contribution < 1.29 is 9.53 Å². The van der Waals surface area contributed by atoms with Gasteiger partial charge in [-0.15, -0.1) is 0 Å². The smallest absolute Gasteiger partial charge is 0.311 e. The highest BCUT2D eigenvalue weighted by Gasteiger charge is 2.17. The lowest BCUT2D eigenvalue weighted by Crippen LogP contribution is -2.06. The molecule has 0 saturated heterocycles. The fourth-order valence-electron chi connectivity index (χ4n) is 2.64. The third-order valence-electron chi connectivity index (χ3n) is 3.74. The molecular weight excluding hydrogens is 266 g/mol. The first kappa shape index (κ1) is 15.1. The molecule has 1 aromatic rings. The van der Waals surface area contributed by atoms with E-state index in [1.54, 1.807) is 0 Å². The van der Waals surface area contributed by atoms with Crippen molar-refractivity contribution in [3.05, 3.63) is 52.5 Å². The summed E-state index contributed by atoms with van der Waals surface area (Å²) in [5.41, 5.74) is 9.14. The second-order valence-corrected chi connectivity index (χ2v) is 5.23. The number of hydrogen-bond donors (Lipinski definition) is 0. The molecule has 0 atom stereocenters. The number of azide groups is 1. The van der Waals surface area contributed by atoms with E-state index >= 15 is 0 Å². The number of carbonyl (C=O) groups excluding carboxylic acids is 1. The minimum Gasteiger partial charge on any atom is -0.426 e. The maximum Gasteiger partial charge on any atom is 0.311 e. The zero-order valence-corrected chi connectivity index (χ0v) is 11.9. The Balaban J connectivity index is 1.95. The van der Waals surface area contributed by atoms with Crippen LogP contribution in [0.15, 0.2) is 41.6 Å². The van der Waals surface area contributed by atoms with Crippen molar-refractivity contribution in [1.82, 2.24) is 0 Å². The minimum absolute atomic E-state index is 0.273. The molecule has 0 unspecified atom stereocenters. The molecule has 1 aromatic carbocycles. The van der Waals surface area contributed by atoms with Crippen molar-refractivity contribution in [2.24, 2.45) is 11.0 Å². The Morgan fingerprint density at radius 2 is 2.05 bits per heavy atom. The molecule has 5 nitrogen and oxygen atoms in total. The van der Waals surface area contributed by atoms with Crippen molar-refractivity contribution in [3.8, 4) is 0 Å². The van der Waals surface area contributed by atoms with Gasteiger partial charge in [-0.3, -0.25) is 4.79 Å². The molecular formula is C16H19N3O2. The molecule has 0 spiro atoms. The van der Waals surface area contributed by atoms with Gasteiger partial charge in [0.15, 0.2) is 0 Å². The van der Waals surface area contributed by atoms with Crippen molar-refractivity contribution in [2.45, 2.75) is 38.5 Å². The average Bonchev–Trinajstić information content (AvgIpc) is 3.03. The van der Waals surface area contributed by atoms with Gasteiger partial charge < -0.3 is 4.74 Å². The molecule has 0 amide bonds. The van der Waals surface area contributed by atoms with Gasteiger partial charge in [-0.25, -0.2) is 0 Å². The topological polar surface area (TPSA) is 75.1 Å². The molecule has 1 aliphatic carbocycles. The summed E-state index contributed by atoms with van der Waals surface area (Å²) in [6, 6.07) is 9.17. The van der Waals surface area contributed by atoms with Crippen LogP contribution in [-0.2, 0) is 9.53 Å². The fourth-order valence-corrected chi connectivity index (χ4v) is 2.64. The monoisotopic (exact) mass is 285 g/mol. The number of ether oxygens (including phenoxy) is 1. The maximum absolute atomic E-state index is 11.9. The van der Waals surface area contributed by atoms with Gasteiger partial charge >= 0.3 is 5.97 Å². The normalized spacial score (nSPS) is 15.5. The number of benzene rings is 1. The van der Waals surface area contributed by atoms with Crippen molar-refractivity contribution in [1.29, 1.82) is 0 Å². The number of hydrogen-bond acceptors (Lipinski definition) is 3. The fraction of sp³-hybridized carbons (Fsp3) is 0.438. The predicted molar refractivity (Wildman–Crippen MR) is 80.8 cm³/mol. The van der Waals surface area contributed by atoms with Gasteiger partial charge in [0.05, 0.1) is 0 Å². The summed E-state index contributed by atoms with van der Waals surface area (Å²) >= 11 is 0. The van der Waals surface area contributed by atoms with E-state index in [0.29, 0.717) is 18.1 Å². The van der Waals surface area contributed by atoms with E-state index < -0.39 is 0 Å². The van der Waals surface area contributed by atoms with E-state index in [4.69, 9.17) is 10.3 Å². The van der Waals surface area contributed by atoms with E-state index in [9.17, 15) is 4.79 Å². The Labute approximate surface area is 124 Å². The van der Waals surface area contributed by atoms with E-state index in [1.165, 1.54) is 31.9 Å². The third-order valence-corrected chi connectivity index (χ3v) is 3.74. The van der Waals surface area contributed by atoms with Gasteiger partial charge in [-0.2, -0.15) is 0 Å². The zero-order valence-electron chi connectivity index (χ0n) is 11.9. The molecule has 21 heavy (non-hydrogen) atoms. The molecule has 0 aliphatic heterocycles. The molecule has 0 radical (unpaired) electrons. The highest BCUT2D eigenvalue weighted by Crippen LogP contribution is 2.29. The summed E-state index contributed by atoms with van der Waals surface area (Å²) in [7, 11) is 0. The Morgan fingerprint density at radius 1 is 1.33 bits per heavy atom. The molecule has 110 valence electrons. The molecule has 0 N–H and O–H groups in total. The minimum atomic E-state index is -0.273. The van der Waals surface area contributed by atoms with Crippen LogP contribution >= 0.6 is 0 Å². The highest BCUT2D eigenvalue weighted by molar-refractivity contribution is 5.78. The number of nitrogens with zero attached hydrogens (tertiary/aromatic N) is 3. The number of rotatable bonds is 6. The molecule has 1 aliphatic rings. The van der Waals surface area contributed by atoms with Gasteiger partial charge in [0.1, 0.15) is 5.76 Å². The van der Waals surface area contributed by atoms with Crippen LogP contribution in [0.2, 0.25) is 0 Å². The quantitative estimate of drug-likeness (QED) is 0.247. The Kier molecular flexibility index (Phi) is 5.85. The van der Waals surface area contributed by atoms with Crippen LogP contribution in [0, 0.1) is 5.92 Å². The Morgan fingerprint density at radius 3 is 2.71 bits per heavy atom. The zero-order chi connectivity index (χ0) is 14.9. The third kappa shape index (κ3) is 4.97. The summed E-state index contributed by atoms with van der Waals surface area (Å²) in [6.45, 7) is 0. The molecule has 0 heterocycles. The van der Waals surface area contributed by atoms with E-state index in [0.717, 1.165) is 12.0 Å². The predicted octanol–water partition coefficient (Wildman–Crippen LogP) is 4.81. The standard InChI is InChI=1S/C16H19N3O2/c17-19-18-12-15(14-8-2-1-3-9-14)21-16(20)11-10-13-6-4-5-7-13/h1-3,8-9,12-13H,4-7,10-11H2. The SMILES string of the molecule is [N-]=[N+]=NC=C(OC(=O)CCC1CCCC1)c1ccccc1. The lowest BCUT2D eigenvalue weighted by molar-refractivity contribution is -0.137. The molecule has 0 aromatic heterocycles. The summed E-state index contributed by atoms with van der Waals surface area (Å²) < 4.78 is 5.36. The summed E-state index contributed by atoms with van der Waals surface area (Å²) in [5.74, 6) is 0.675. The Bertz CT molecular complexity index is 542. The number of esters is 1. The van der Waals surface area contributed by atoms with Crippen molar-refractivity contribution in [2.75, 3.05) is 0 Å². The second kappa shape index (κ2) is 8.12. The lowest BCUT2D eigenvalue weighted by Gasteiger charge is -2.10. The van der Waals surface area contributed by atoms with Crippen molar-refractivity contribution in [3.63, 3.8) is 0 Å². The van der Waals surface area contributed by atoms with Crippen molar-refractivity contribution >= 4 is 11.7 Å². The lowest BCUT2D eigenvalue weighted by atomic mass is 10.0. The average molecular weight is 285 g/mol. The van der Waals surface area contributed by atoms with Crippen LogP contribution in [0.25, 0.3) is 16.2 Å². The van der Waals surface area contributed by atoms with Crippen LogP contribution in [0.1, 0.15) is 44.1 Å². The first-order chi connectivity index (χ1) is 10.3. The van der Waals surface area contributed by atoms with E-state index in [2.05, 4.69) is 10.0 Å². The Hall–Kier alpha value is -2.26. The molecule has 1 fully saturated rings. The second-order valence-electron chi connectivity index (χ2n) is 5.23. The van der Waals surface area contributed by atoms with Gasteiger partial charge in [-0.05, 0) is 17.9 Å². The molecule has 0 bridgehead atoms. The number of carbonyl (C=O) groups is 1. The van der Waals surface area contributed by atoms with Gasteiger partial charge in [-0.1, -0.05) is 61.1 Å². The van der Waals surface area contributed by atoms with Gasteiger partial charge in [0, 0.05) is 23.1 Å². The van der Waals surface area contributed by atoms with Crippen LogP contribution in [0.3, 0.4) is 0 Å². The van der Waals surface area contributed by atoms with Gasteiger partial charge in [0.25, 0.3) is 0 Å². The molecule has 2 rings (SSSR count). The van der Waals surface area contributed by atoms with E-state index in [-0.39, 0.29) is 5.97 Å². The largest absolute Gasteiger partial charge is 0.426 e. The van der Waals surface area contributed by atoms with Crippen LogP contribution in [0.5, 0.6) is 0 Å². The van der Waals surface area contributed by atoms with Crippen LogP contribution < -0.4 is 0 Å². The summed E-state index contributed by atoms with van der Waals surface area (Å²) in [6.07, 6.45) is 7.49. The van der Waals surface area contributed by atoms with Gasteiger partial charge in [0.2, 0.25) is 0 Å². The van der Waals surface area contributed by atoms with Crippen LogP contribution in [-0.4, -0.2) is 5.97 Å². The highest BCUT2D eigenvalue weighted by atomic mass is 16.5.